The van der Waals surface area contributed by atoms with Gasteiger partial charge in [-0.05, 0) is 41.2 Å². The summed E-state index contributed by atoms with van der Waals surface area (Å²) in [4.78, 5) is 12.9. The summed E-state index contributed by atoms with van der Waals surface area (Å²) in [5.74, 6) is 0.905. The molecule has 6 heteroatoms. The fraction of sp³-hybridized carbons (Fsp3) is 0.568. The first-order chi connectivity index (χ1) is 20.3. The van der Waals surface area contributed by atoms with Gasteiger partial charge in [-0.25, -0.2) is 0 Å². The molecule has 0 saturated carbocycles. The smallest absolute Gasteiger partial charge is 0.234 e. The second-order valence-electron chi connectivity index (χ2n) is 12.8. The average Bonchev–Trinajstić information content (AvgIpc) is 3.35. The van der Waals surface area contributed by atoms with Gasteiger partial charge in [0.15, 0.2) is 12.7 Å². The summed E-state index contributed by atoms with van der Waals surface area (Å²) in [6.45, 7) is 12.6. The molecule has 4 nitrogen and oxygen atoms in total. The first-order valence-electron chi connectivity index (χ1n) is 16.3. The summed E-state index contributed by atoms with van der Waals surface area (Å²) in [7, 11) is 0. The maximum atomic E-state index is 12.9. The van der Waals surface area contributed by atoms with Gasteiger partial charge in [0.25, 0.3) is 0 Å². The first kappa shape index (κ1) is 37.0. The van der Waals surface area contributed by atoms with Crippen LogP contribution in [0.2, 0.25) is 0 Å². The van der Waals surface area contributed by atoms with Crippen molar-refractivity contribution in [2.45, 2.75) is 130 Å². The normalized spacial score (nSPS) is 11.3. The van der Waals surface area contributed by atoms with Gasteiger partial charge in [0.1, 0.15) is 5.75 Å². The number of hydrogen-bond donors (Lipinski definition) is 1. The number of aromatic nitrogens is 1. The molecule has 43 heavy (non-hydrogen) atoms. The molecule has 238 valence electrons. The van der Waals surface area contributed by atoms with E-state index in [-0.39, 0.29) is 28.3 Å². The highest BCUT2D eigenvalue weighted by molar-refractivity contribution is 7.09. The van der Waals surface area contributed by atoms with Crippen molar-refractivity contribution in [3.8, 4) is 5.75 Å². The summed E-state index contributed by atoms with van der Waals surface area (Å²) in [5.41, 5.74) is 4.19. The highest BCUT2D eigenvalue weighted by Crippen LogP contribution is 2.32. The molecule has 0 atom stereocenters. The van der Waals surface area contributed by atoms with Crippen LogP contribution in [0.1, 0.15) is 126 Å². The molecule has 1 N–H and O–H groups in total. The summed E-state index contributed by atoms with van der Waals surface area (Å²) in [6, 6.07) is 14.4. The number of halogens is 1. The fourth-order valence-corrected chi connectivity index (χ4v) is 6.03. The van der Waals surface area contributed by atoms with E-state index in [9.17, 15) is 4.79 Å². The molecule has 0 aliphatic rings. The van der Waals surface area contributed by atoms with Gasteiger partial charge in [-0.3, -0.25) is 4.79 Å². The Morgan fingerprint density at radius 3 is 1.98 bits per heavy atom. The summed E-state index contributed by atoms with van der Waals surface area (Å²) in [6.07, 6.45) is 18.5. The van der Waals surface area contributed by atoms with E-state index in [1.807, 2.05) is 12.1 Å². The van der Waals surface area contributed by atoms with Crippen molar-refractivity contribution < 1.29 is 31.1 Å². The molecule has 2 aromatic carbocycles. The average molecular weight is 672 g/mol. The van der Waals surface area contributed by atoms with Crippen LogP contribution in [0.4, 0.5) is 5.69 Å². The molecule has 0 radical (unpaired) electrons. The van der Waals surface area contributed by atoms with Crippen LogP contribution in [-0.4, -0.2) is 12.5 Å². The number of unbranched alkanes of at least 4 members (excludes halogenated alkanes) is 11. The third kappa shape index (κ3) is 14.0. The molecule has 1 aromatic heterocycles. The number of ether oxygens (including phenoxy) is 1. The number of nitrogens with zero attached hydrogens (tertiary/aromatic N) is 1. The monoisotopic (exact) mass is 670 g/mol. The Bertz CT molecular complexity index is 1200. The highest BCUT2D eigenvalue weighted by Gasteiger charge is 2.20. The van der Waals surface area contributed by atoms with Gasteiger partial charge in [0.2, 0.25) is 10.9 Å². The molecule has 0 aliphatic carbocycles. The standard InChI is InChI=1S/C37H54N2O2S.BrH/c1-6-7-8-9-10-11-12-13-14-15-16-17-25-41-35-27-32(20-23-34(35)37(3,4)5)28-36(40)38-33-21-18-31(19-22-33)29-39-24-26-42-30(39)2;/h18-24,26-27H,6-17,25,28-29H2,1-5H3;1H. The summed E-state index contributed by atoms with van der Waals surface area (Å²) >= 11 is 1.75. The quantitative estimate of drug-likeness (QED) is 0.111. The molecule has 3 rings (SSSR count). The minimum absolute atomic E-state index is 0. The van der Waals surface area contributed by atoms with Gasteiger partial charge in [0, 0.05) is 18.2 Å². The van der Waals surface area contributed by atoms with E-state index in [4.69, 9.17) is 4.74 Å². The minimum Gasteiger partial charge on any atom is -1.00 e. The molecule has 0 saturated heterocycles. The lowest BCUT2D eigenvalue weighted by atomic mass is 9.85. The van der Waals surface area contributed by atoms with Crippen LogP contribution in [-0.2, 0) is 23.2 Å². The highest BCUT2D eigenvalue weighted by atomic mass is 79.9. The Morgan fingerprint density at radius 2 is 1.42 bits per heavy atom. The number of anilines is 1. The van der Waals surface area contributed by atoms with E-state index < -0.39 is 0 Å². The zero-order chi connectivity index (χ0) is 30.2. The molecular weight excluding hydrogens is 616 g/mol. The fourth-order valence-electron chi connectivity index (χ4n) is 5.36. The van der Waals surface area contributed by atoms with Gasteiger partial charge < -0.3 is 27.0 Å². The van der Waals surface area contributed by atoms with Gasteiger partial charge >= 0.3 is 0 Å². The van der Waals surface area contributed by atoms with E-state index in [1.54, 1.807) is 11.3 Å². The van der Waals surface area contributed by atoms with Crippen LogP contribution in [0, 0.1) is 6.92 Å². The first-order valence-corrected chi connectivity index (χ1v) is 17.2. The van der Waals surface area contributed by atoms with Gasteiger partial charge in [-0.15, -0.1) is 0 Å². The number of carbonyl (C=O) groups is 1. The lowest BCUT2D eigenvalue weighted by molar-refractivity contribution is -0.689. The second-order valence-corrected chi connectivity index (χ2v) is 13.9. The number of thiazole rings is 1. The molecule has 0 bridgehead atoms. The van der Waals surface area contributed by atoms with E-state index in [0.29, 0.717) is 6.42 Å². The van der Waals surface area contributed by atoms with Crippen molar-refractivity contribution in [2.75, 3.05) is 11.9 Å². The van der Waals surface area contributed by atoms with Crippen LogP contribution >= 0.6 is 11.3 Å². The zero-order valence-electron chi connectivity index (χ0n) is 27.4. The Balaban J connectivity index is 0.00000645. The van der Waals surface area contributed by atoms with Crippen LogP contribution in [0.25, 0.3) is 0 Å². The summed E-state index contributed by atoms with van der Waals surface area (Å²) < 4.78 is 8.56. The van der Waals surface area contributed by atoms with E-state index in [0.717, 1.165) is 36.6 Å². The molecule has 0 spiro atoms. The third-order valence-electron chi connectivity index (χ3n) is 7.95. The molecule has 0 unspecified atom stereocenters. The molecule has 3 aromatic rings. The van der Waals surface area contributed by atoms with Crippen molar-refractivity contribution in [3.63, 3.8) is 0 Å². The predicted molar refractivity (Wildman–Crippen MR) is 179 cm³/mol. The SMILES string of the molecule is CCCCCCCCCCCCCCOc1cc(CC(=O)Nc2ccc(C[n+]3ccsc3C)cc2)ccc1C(C)(C)C.[Br-]. The minimum atomic E-state index is -0.0196. The Hall–Kier alpha value is -2.18. The van der Waals surface area contributed by atoms with Crippen molar-refractivity contribution in [3.05, 3.63) is 75.7 Å². The predicted octanol–water partition coefficient (Wildman–Crippen LogP) is 6.95. The van der Waals surface area contributed by atoms with Crippen LogP contribution in [0.3, 0.4) is 0 Å². The van der Waals surface area contributed by atoms with E-state index in [1.165, 1.54) is 86.8 Å². The number of rotatable bonds is 19. The largest absolute Gasteiger partial charge is 1.00 e. The Morgan fingerprint density at radius 1 is 0.837 bits per heavy atom. The van der Waals surface area contributed by atoms with E-state index >= 15 is 0 Å². The maximum absolute atomic E-state index is 12.9. The van der Waals surface area contributed by atoms with Crippen molar-refractivity contribution in [2.24, 2.45) is 0 Å². The number of amides is 1. The molecule has 0 fully saturated rings. The van der Waals surface area contributed by atoms with Gasteiger partial charge in [-0.2, -0.15) is 4.57 Å². The number of benzene rings is 2. The van der Waals surface area contributed by atoms with Gasteiger partial charge in [-0.1, -0.05) is 134 Å². The molecular formula is C37H55BrN2O2S. The summed E-state index contributed by atoms with van der Waals surface area (Å²) in [5, 5.41) is 6.45. The van der Waals surface area contributed by atoms with Crippen LogP contribution in [0.15, 0.2) is 54.0 Å². The molecule has 0 aliphatic heterocycles. The number of hydrogen-bond acceptors (Lipinski definition) is 3. The van der Waals surface area contributed by atoms with Crippen molar-refractivity contribution in [1.82, 2.24) is 0 Å². The number of nitrogens with one attached hydrogen (secondary N) is 1. The Kier molecular flexibility index (Phi) is 17.2. The van der Waals surface area contributed by atoms with Crippen molar-refractivity contribution >= 4 is 22.9 Å². The Labute approximate surface area is 276 Å². The third-order valence-corrected chi connectivity index (χ3v) is 8.78. The lowest BCUT2D eigenvalue weighted by Crippen LogP contribution is -3.00. The number of carbonyl (C=O) groups excluding carboxylic acids is 1. The van der Waals surface area contributed by atoms with Crippen LogP contribution < -0.4 is 31.6 Å². The molecule has 1 amide bonds. The number of aryl methyl sites for hydroxylation is 1. The molecule has 1 heterocycles. The van der Waals surface area contributed by atoms with Crippen molar-refractivity contribution in [1.29, 1.82) is 0 Å². The zero-order valence-corrected chi connectivity index (χ0v) is 29.8. The van der Waals surface area contributed by atoms with E-state index in [2.05, 4.69) is 86.4 Å². The second kappa shape index (κ2) is 20.0. The maximum Gasteiger partial charge on any atom is 0.234 e. The lowest BCUT2D eigenvalue weighted by Gasteiger charge is -2.23. The van der Waals surface area contributed by atoms with Crippen LogP contribution in [0.5, 0.6) is 5.75 Å². The topological polar surface area (TPSA) is 42.2 Å². The van der Waals surface area contributed by atoms with Gasteiger partial charge in [0.05, 0.1) is 18.4 Å².